The summed E-state index contributed by atoms with van der Waals surface area (Å²) in [6, 6.07) is 12.1. The van der Waals surface area contributed by atoms with E-state index in [2.05, 4.69) is 10.3 Å². The van der Waals surface area contributed by atoms with Crippen LogP contribution in [0, 0.1) is 5.82 Å². The molecule has 1 amide bonds. The van der Waals surface area contributed by atoms with Crippen LogP contribution in [0.2, 0.25) is 5.02 Å². The number of hydrogen-bond acceptors (Lipinski definition) is 1. The molecule has 1 unspecified atom stereocenters. The lowest BCUT2D eigenvalue weighted by atomic mass is 9.91. The van der Waals surface area contributed by atoms with Gasteiger partial charge in [0.1, 0.15) is 5.82 Å². The average Bonchev–Trinajstić information content (AvgIpc) is 2.93. The Hall–Kier alpha value is -2.33. The number of benzene rings is 2. The van der Waals surface area contributed by atoms with Crippen LogP contribution in [-0.2, 0) is 24.1 Å². The Balaban J connectivity index is 1.46. The summed E-state index contributed by atoms with van der Waals surface area (Å²) in [5.41, 5.74) is 4.37. The second-order valence-corrected chi connectivity index (χ2v) is 7.02. The van der Waals surface area contributed by atoms with Crippen molar-refractivity contribution in [2.45, 2.75) is 31.7 Å². The standard InChI is InChI=1S/C20H18ClFN2O/c21-13-3-7-16-17-11-15(6-8-18(17)24-19(16)10-13)23-20(25)9-12-1-4-14(22)5-2-12/h1-5,7,10,15,24H,6,8-9,11H2,(H,23,25). The lowest BCUT2D eigenvalue weighted by Gasteiger charge is -2.23. The number of rotatable bonds is 3. The molecular formula is C20H18ClFN2O. The Morgan fingerprint density at radius 1 is 1.24 bits per heavy atom. The third-order valence-electron chi connectivity index (χ3n) is 4.79. The Morgan fingerprint density at radius 3 is 2.84 bits per heavy atom. The number of fused-ring (bicyclic) bond motifs is 3. The summed E-state index contributed by atoms with van der Waals surface area (Å²) in [4.78, 5) is 15.7. The minimum atomic E-state index is -0.289. The highest BCUT2D eigenvalue weighted by atomic mass is 35.5. The van der Waals surface area contributed by atoms with Crippen LogP contribution < -0.4 is 5.32 Å². The van der Waals surface area contributed by atoms with E-state index in [0.717, 1.165) is 35.4 Å². The van der Waals surface area contributed by atoms with Crippen LogP contribution in [0.1, 0.15) is 23.2 Å². The van der Waals surface area contributed by atoms with Crippen molar-refractivity contribution in [2.75, 3.05) is 0 Å². The van der Waals surface area contributed by atoms with Gasteiger partial charge in [0.15, 0.2) is 0 Å². The predicted octanol–water partition coefficient (Wildman–Crippen LogP) is 4.18. The van der Waals surface area contributed by atoms with E-state index < -0.39 is 0 Å². The number of aromatic nitrogens is 1. The molecule has 2 aromatic carbocycles. The summed E-state index contributed by atoms with van der Waals surface area (Å²) in [5.74, 6) is -0.314. The molecule has 0 aliphatic heterocycles. The van der Waals surface area contributed by atoms with Crippen LogP contribution in [0.3, 0.4) is 0 Å². The smallest absolute Gasteiger partial charge is 0.224 e. The summed E-state index contributed by atoms with van der Waals surface area (Å²) in [5, 5.41) is 5.01. The summed E-state index contributed by atoms with van der Waals surface area (Å²) >= 11 is 6.07. The van der Waals surface area contributed by atoms with E-state index in [4.69, 9.17) is 11.6 Å². The number of aryl methyl sites for hydroxylation is 1. The number of carbonyl (C=O) groups is 1. The molecule has 5 heteroatoms. The lowest BCUT2D eigenvalue weighted by Crippen LogP contribution is -2.39. The number of nitrogens with one attached hydrogen (secondary N) is 2. The normalized spacial score (nSPS) is 16.6. The molecule has 0 spiro atoms. The zero-order chi connectivity index (χ0) is 17.4. The molecule has 4 rings (SSSR count). The van der Waals surface area contributed by atoms with Gasteiger partial charge in [-0.15, -0.1) is 0 Å². The number of H-pyrrole nitrogens is 1. The first kappa shape index (κ1) is 16.2. The highest BCUT2D eigenvalue weighted by Crippen LogP contribution is 2.30. The molecule has 1 aliphatic carbocycles. The Morgan fingerprint density at radius 2 is 2.04 bits per heavy atom. The third-order valence-corrected chi connectivity index (χ3v) is 5.03. The monoisotopic (exact) mass is 356 g/mol. The van der Waals surface area contributed by atoms with E-state index in [9.17, 15) is 9.18 Å². The van der Waals surface area contributed by atoms with E-state index >= 15 is 0 Å². The minimum absolute atomic E-state index is 0.0251. The molecule has 0 saturated carbocycles. The fourth-order valence-corrected chi connectivity index (χ4v) is 3.76. The van der Waals surface area contributed by atoms with Crippen molar-refractivity contribution in [1.82, 2.24) is 10.3 Å². The molecule has 128 valence electrons. The first-order chi connectivity index (χ1) is 12.1. The Kier molecular flexibility index (Phi) is 4.22. The highest BCUT2D eigenvalue weighted by molar-refractivity contribution is 6.31. The number of carbonyl (C=O) groups excluding carboxylic acids is 1. The quantitative estimate of drug-likeness (QED) is 0.726. The first-order valence-electron chi connectivity index (χ1n) is 8.41. The second kappa shape index (κ2) is 6.52. The molecule has 1 atom stereocenters. The largest absolute Gasteiger partial charge is 0.358 e. The van der Waals surface area contributed by atoms with Gasteiger partial charge in [0.05, 0.1) is 6.42 Å². The van der Waals surface area contributed by atoms with E-state index in [-0.39, 0.29) is 24.2 Å². The molecule has 0 fully saturated rings. The zero-order valence-electron chi connectivity index (χ0n) is 13.6. The fraction of sp³-hybridized carbons (Fsp3) is 0.250. The van der Waals surface area contributed by atoms with Crippen molar-refractivity contribution >= 4 is 28.4 Å². The molecule has 3 aromatic rings. The molecule has 2 N–H and O–H groups in total. The maximum Gasteiger partial charge on any atom is 0.224 e. The average molecular weight is 357 g/mol. The van der Waals surface area contributed by atoms with Gasteiger partial charge in [-0.25, -0.2) is 4.39 Å². The van der Waals surface area contributed by atoms with Gasteiger partial charge < -0.3 is 10.3 Å². The van der Waals surface area contributed by atoms with Crippen molar-refractivity contribution < 1.29 is 9.18 Å². The van der Waals surface area contributed by atoms with Gasteiger partial charge in [-0.3, -0.25) is 4.79 Å². The molecular weight excluding hydrogens is 339 g/mol. The zero-order valence-corrected chi connectivity index (χ0v) is 14.4. The maximum atomic E-state index is 12.9. The predicted molar refractivity (Wildman–Crippen MR) is 97.4 cm³/mol. The minimum Gasteiger partial charge on any atom is -0.358 e. The van der Waals surface area contributed by atoms with Crippen molar-refractivity contribution in [3.63, 3.8) is 0 Å². The summed E-state index contributed by atoms with van der Waals surface area (Å²) < 4.78 is 12.9. The van der Waals surface area contributed by atoms with Crippen molar-refractivity contribution in [3.05, 3.63) is 70.1 Å². The van der Waals surface area contributed by atoms with E-state index in [1.165, 1.54) is 28.8 Å². The topological polar surface area (TPSA) is 44.9 Å². The van der Waals surface area contributed by atoms with Crippen LogP contribution in [0.15, 0.2) is 42.5 Å². The maximum absolute atomic E-state index is 12.9. The van der Waals surface area contributed by atoms with Gasteiger partial charge >= 0.3 is 0 Å². The van der Waals surface area contributed by atoms with E-state index in [0.29, 0.717) is 0 Å². The van der Waals surface area contributed by atoms with Crippen LogP contribution in [-0.4, -0.2) is 16.9 Å². The summed E-state index contributed by atoms with van der Waals surface area (Å²) in [7, 11) is 0. The molecule has 25 heavy (non-hydrogen) atoms. The van der Waals surface area contributed by atoms with E-state index in [1.54, 1.807) is 12.1 Å². The SMILES string of the molecule is O=C(Cc1ccc(F)cc1)NC1CCc2[nH]c3cc(Cl)ccc3c2C1. The molecule has 1 aromatic heterocycles. The number of halogens is 2. The van der Waals surface area contributed by atoms with Crippen molar-refractivity contribution in [2.24, 2.45) is 0 Å². The second-order valence-electron chi connectivity index (χ2n) is 6.58. The molecule has 0 saturated heterocycles. The van der Waals surface area contributed by atoms with Crippen LogP contribution in [0.4, 0.5) is 4.39 Å². The molecule has 0 bridgehead atoms. The van der Waals surface area contributed by atoms with Gasteiger partial charge in [-0.05, 0) is 54.7 Å². The highest BCUT2D eigenvalue weighted by Gasteiger charge is 2.23. The summed E-state index contributed by atoms with van der Waals surface area (Å²) in [6.07, 6.45) is 2.89. The third kappa shape index (κ3) is 3.40. The van der Waals surface area contributed by atoms with Crippen LogP contribution >= 0.6 is 11.6 Å². The molecule has 1 aliphatic rings. The Labute approximate surface area is 150 Å². The number of hydrogen-bond donors (Lipinski definition) is 2. The molecule has 1 heterocycles. The number of amides is 1. The first-order valence-corrected chi connectivity index (χ1v) is 8.79. The molecule has 0 radical (unpaired) electrons. The van der Waals surface area contributed by atoms with Gasteiger partial charge in [0, 0.05) is 27.7 Å². The van der Waals surface area contributed by atoms with Crippen LogP contribution in [0.5, 0.6) is 0 Å². The summed E-state index contributed by atoms with van der Waals surface area (Å²) in [6.45, 7) is 0. The van der Waals surface area contributed by atoms with Crippen molar-refractivity contribution in [3.8, 4) is 0 Å². The van der Waals surface area contributed by atoms with Gasteiger partial charge in [-0.2, -0.15) is 0 Å². The van der Waals surface area contributed by atoms with Gasteiger partial charge in [0.25, 0.3) is 0 Å². The number of aromatic amines is 1. The molecule has 3 nitrogen and oxygen atoms in total. The van der Waals surface area contributed by atoms with Gasteiger partial charge in [0.2, 0.25) is 5.91 Å². The van der Waals surface area contributed by atoms with Crippen molar-refractivity contribution in [1.29, 1.82) is 0 Å². The fourth-order valence-electron chi connectivity index (χ4n) is 3.59. The Bertz CT molecular complexity index is 933. The van der Waals surface area contributed by atoms with Gasteiger partial charge in [-0.1, -0.05) is 29.8 Å². The lowest BCUT2D eigenvalue weighted by molar-refractivity contribution is -0.121. The van der Waals surface area contributed by atoms with E-state index in [1.807, 2.05) is 18.2 Å². The van der Waals surface area contributed by atoms with Crippen LogP contribution in [0.25, 0.3) is 10.9 Å².